The van der Waals surface area contributed by atoms with Crippen molar-refractivity contribution in [3.8, 4) is 0 Å². The molecule has 0 saturated carbocycles. The molecule has 0 aliphatic heterocycles. The Balaban J connectivity index is 0. The van der Waals surface area contributed by atoms with Gasteiger partial charge in [-0.15, -0.1) is 0 Å². The van der Waals surface area contributed by atoms with E-state index in [1.54, 1.807) is 6.20 Å². The van der Waals surface area contributed by atoms with Gasteiger partial charge in [-0.05, 0) is 33.4 Å². The van der Waals surface area contributed by atoms with E-state index < -0.39 is 5.92 Å². The van der Waals surface area contributed by atoms with Crippen LogP contribution in [0.15, 0.2) is 16.9 Å². The molecule has 108 valence electrons. The zero-order valence-corrected chi connectivity index (χ0v) is 12.2. The van der Waals surface area contributed by atoms with E-state index >= 15 is 0 Å². The average Bonchev–Trinajstić information content (AvgIpc) is 2.26. The summed E-state index contributed by atoms with van der Waals surface area (Å²) in [6, 6.07) is 0. The lowest BCUT2D eigenvalue weighted by Crippen LogP contribution is -2.18. The number of nitrogens with zero attached hydrogens (tertiary/aromatic N) is 2. The smallest absolute Gasteiger partial charge is 0.242 e. The maximum Gasteiger partial charge on any atom is 0.242 e. The number of rotatable bonds is 6. The van der Waals surface area contributed by atoms with Crippen LogP contribution in [-0.4, -0.2) is 37.2 Å². The molecule has 0 amide bonds. The van der Waals surface area contributed by atoms with Crippen molar-refractivity contribution in [1.82, 2.24) is 4.90 Å². The van der Waals surface area contributed by atoms with E-state index in [1.165, 1.54) is 0 Å². The lowest BCUT2D eigenvalue weighted by atomic mass is 10.3. The molecule has 0 aromatic carbocycles. The number of nitrogens with two attached hydrogens (primary N) is 1. The van der Waals surface area contributed by atoms with Crippen LogP contribution in [0.1, 0.15) is 40.5 Å². The Hall–Kier alpha value is -1.13. The molecule has 0 atom stereocenters. The van der Waals surface area contributed by atoms with Crippen LogP contribution in [0.25, 0.3) is 0 Å². The monoisotopic (exact) mass is 263 g/mol. The topological polar surface area (TPSA) is 41.6 Å². The number of hydrogen-bond donors (Lipinski definition) is 1. The van der Waals surface area contributed by atoms with E-state index in [4.69, 9.17) is 5.73 Å². The second-order valence-corrected chi connectivity index (χ2v) is 4.25. The molecular weight excluding hydrogens is 236 g/mol. The number of hydrogen-bond acceptors (Lipinski definition) is 3. The summed E-state index contributed by atoms with van der Waals surface area (Å²) in [4.78, 5) is 6.39. The highest BCUT2D eigenvalue weighted by atomic mass is 19.3. The minimum absolute atomic E-state index is 0.835. The molecule has 0 aromatic rings. The fraction of sp³-hybridized carbons (Fsp3) is 0.769. The van der Waals surface area contributed by atoms with Crippen LogP contribution in [0, 0.1) is 0 Å². The van der Waals surface area contributed by atoms with Gasteiger partial charge in [0.05, 0.1) is 0 Å². The van der Waals surface area contributed by atoms with Crippen molar-refractivity contribution in [2.24, 2.45) is 10.7 Å². The van der Waals surface area contributed by atoms with Gasteiger partial charge in [-0.25, -0.2) is 8.78 Å². The Bertz CT molecular complexity index is 239. The number of halogens is 2. The summed E-state index contributed by atoms with van der Waals surface area (Å²) < 4.78 is 22.0. The lowest BCUT2D eigenvalue weighted by Gasteiger charge is -2.19. The number of alkyl halides is 2. The standard InChI is InChI=1S/C10H21N3.C3H6F2/c1-4-7-12-8-6-10(9-11)13(3)5-2;1-3(2,4)5/h7,9H,4-6,8,11H2,1-3H3;1-2H3/b10-9-,12-7?;. The van der Waals surface area contributed by atoms with E-state index in [1.807, 2.05) is 13.3 Å². The van der Waals surface area contributed by atoms with Gasteiger partial charge in [-0.3, -0.25) is 4.99 Å². The minimum atomic E-state index is -2.50. The molecule has 0 radical (unpaired) electrons. The third-order valence-electron chi connectivity index (χ3n) is 1.97. The Morgan fingerprint density at radius 3 is 2.17 bits per heavy atom. The summed E-state index contributed by atoms with van der Waals surface area (Å²) >= 11 is 0. The molecule has 3 nitrogen and oxygen atoms in total. The van der Waals surface area contributed by atoms with Crippen molar-refractivity contribution < 1.29 is 8.78 Å². The van der Waals surface area contributed by atoms with Crippen LogP contribution in [0.4, 0.5) is 8.78 Å². The van der Waals surface area contributed by atoms with Gasteiger partial charge in [-0.1, -0.05) is 6.92 Å². The predicted molar refractivity (Wildman–Crippen MR) is 75.1 cm³/mol. The summed E-state index contributed by atoms with van der Waals surface area (Å²) in [7, 11) is 2.04. The van der Waals surface area contributed by atoms with E-state index in [2.05, 4.69) is 23.7 Å². The summed E-state index contributed by atoms with van der Waals surface area (Å²) in [6.45, 7) is 7.72. The molecule has 0 heterocycles. The third kappa shape index (κ3) is 17.3. The molecule has 0 aliphatic carbocycles. The highest BCUT2D eigenvalue weighted by Crippen LogP contribution is 2.06. The molecule has 0 aromatic heterocycles. The van der Waals surface area contributed by atoms with E-state index in [-0.39, 0.29) is 0 Å². The molecule has 2 N–H and O–H groups in total. The van der Waals surface area contributed by atoms with Crippen molar-refractivity contribution in [2.75, 3.05) is 20.1 Å². The molecular formula is C13H27F2N3. The largest absolute Gasteiger partial charge is 0.403 e. The average molecular weight is 263 g/mol. The van der Waals surface area contributed by atoms with Gasteiger partial charge in [0.25, 0.3) is 0 Å². The van der Waals surface area contributed by atoms with Crippen LogP contribution in [0.3, 0.4) is 0 Å². The SMILES string of the molecule is CC(C)(F)F.CCC=NCC/C(=C/N)N(C)CC. The fourth-order valence-electron chi connectivity index (χ4n) is 1.00. The first-order valence-electron chi connectivity index (χ1n) is 6.24. The third-order valence-corrected chi connectivity index (χ3v) is 1.97. The quantitative estimate of drug-likeness (QED) is 0.747. The van der Waals surface area contributed by atoms with Crippen LogP contribution in [0.2, 0.25) is 0 Å². The summed E-state index contributed by atoms with van der Waals surface area (Å²) in [6.07, 6.45) is 5.55. The Labute approximate surface area is 110 Å². The Morgan fingerprint density at radius 1 is 1.33 bits per heavy atom. The zero-order valence-electron chi connectivity index (χ0n) is 12.2. The normalized spacial score (nSPS) is 12.3. The minimum Gasteiger partial charge on any atom is -0.403 e. The summed E-state index contributed by atoms with van der Waals surface area (Å²) in [5, 5.41) is 0. The zero-order chi connectivity index (χ0) is 14.6. The van der Waals surface area contributed by atoms with Gasteiger partial charge in [0.2, 0.25) is 5.92 Å². The van der Waals surface area contributed by atoms with Crippen LogP contribution >= 0.6 is 0 Å². The molecule has 5 heteroatoms. The second kappa shape index (κ2) is 11.0. The molecule has 18 heavy (non-hydrogen) atoms. The summed E-state index contributed by atoms with van der Waals surface area (Å²) in [5.74, 6) is -2.50. The fourth-order valence-corrected chi connectivity index (χ4v) is 1.00. The van der Waals surface area contributed by atoms with Crippen LogP contribution < -0.4 is 5.73 Å². The highest BCUT2D eigenvalue weighted by Gasteiger charge is 2.08. The van der Waals surface area contributed by atoms with Gasteiger partial charge in [0, 0.05) is 38.5 Å². The van der Waals surface area contributed by atoms with Crippen molar-refractivity contribution in [3.05, 3.63) is 11.9 Å². The summed E-state index contributed by atoms with van der Waals surface area (Å²) in [5.41, 5.74) is 6.67. The van der Waals surface area contributed by atoms with Gasteiger partial charge >= 0.3 is 0 Å². The van der Waals surface area contributed by atoms with Crippen LogP contribution in [0.5, 0.6) is 0 Å². The van der Waals surface area contributed by atoms with Gasteiger partial charge in [0.1, 0.15) is 0 Å². The highest BCUT2D eigenvalue weighted by molar-refractivity contribution is 5.56. The van der Waals surface area contributed by atoms with E-state index in [0.717, 1.165) is 45.5 Å². The first kappa shape index (κ1) is 19.2. The second-order valence-electron chi connectivity index (χ2n) is 4.25. The predicted octanol–water partition coefficient (Wildman–Crippen LogP) is 3.27. The van der Waals surface area contributed by atoms with Crippen molar-refractivity contribution in [2.45, 2.75) is 46.5 Å². The van der Waals surface area contributed by atoms with E-state index in [0.29, 0.717) is 0 Å². The van der Waals surface area contributed by atoms with Crippen molar-refractivity contribution in [1.29, 1.82) is 0 Å². The molecule has 0 rings (SSSR count). The van der Waals surface area contributed by atoms with Crippen molar-refractivity contribution >= 4 is 6.21 Å². The van der Waals surface area contributed by atoms with Crippen LogP contribution in [-0.2, 0) is 0 Å². The molecule has 0 bridgehead atoms. The molecule has 0 fully saturated rings. The molecule has 0 unspecified atom stereocenters. The molecule has 0 spiro atoms. The lowest BCUT2D eigenvalue weighted by molar-refractivity contribution is 0.0437. The van der Waals surface area contributed by atoms with Gasteiger partial charge in [-0.2, -0.15) is 0 Å². The maximum atomic E-state index is 11.0. The van der Waals surface area contributed by atoms with E-state index in [9.17, 15) is 8.78 Å². The Kier molecular flexibility index (Phi) is 11.7. The molecule has 0 aliphatic rings. The van der Waals surface area contributed by atoms with Gasteiger partial charge < -0.3 is 10.6 Å². The Morgan fingerprint density at radius 2 is 1.83 bits per heavy atom. The first-order chi connectivity index (χ1) is 8.26. The maximum absolute atomic E-state index is 11.0. The first-order valence-corrected chi connectivity index (χ1v) is 6.24. The molecule has 0 saturated heterocycles. The van der Waals surface area contributed by atoms with Crippen molar-refractivity contribution in [3.63, 3.8) is 0 Å². The van der Waals surface area contributed by atoms with Gasteiger partial charge in [0.15, 0.2) is 0 Å². The number of aliphatic imine (C=N–C) groups is 1.